The van der Waals surface area contributed by atoms with Crippen LogP contribution in [-0.2, 0) is 19.6 Å². The molecule has 1 atom stereocenters. The summed E-state index contributed by atoms with van der Waals surface area (Å²) >= 11 is 0. The van der Waals surface area contributed by atoms with Gasteiger partial charge in [0.05, 0.1) is 10.8 Å². The second-order valence-electron chi connectivity index (χ2n) is 8.00. The van der Waals surface area contributed by atoms with Gasteiger partial charge < -0.3 is 10.2 Å². The fourth-order valence-electron chi connectivity index (χ4n) is 4.08. The molecule has 1 aromatic carbocycles. The summed E-state index contributed by atoms with van der Waals surface area (Å²) < 4.78 is 27.0. The first-order chi connectivity index (χ1) is 13.9. The predicted octanol–water partition coefficient (Wildman–Crippen LogP) is 2.88. The van der Waals surface area contributed by atoms with Crippen molar-refractivity contribution < 1.29 is 18.0 Å². The Hall–Kier alpha value is -1.93. The second kappa shape index (κ2) is 9.71. The lowest BCUT2D eigenvalue weighted by Crippen LogP contribution is -2.38. The molecule has 29 heavy (non-hydrogen) atoms. The smallest absolute Gasteiger partial charge is 0.240 e. The van der Waals surface area contributed by atoms with Crippen molar-refractivity contribution in [2.75, 3.05) is 18.4 Å². The first kappa shape index (κ1) is 21.8. The molecule has 0 radical (unpaired) electrons. The highest BCUT2D eigenvalue weighted by molar-refractivity contribution is 7.89. The SMILES string of the molecule is CCCCNS(=O)(=O)c1ccc(NC(=O)C2CC(=O)N(C3CCCCC3)C2)cc1. The van der Waals surface area contributed by atoms with Crippen LogP contribution < -0.4 is 10.0 Å². The Morgan fingerprint density at radius 1 is 1.14 bits per heavy atom. The molecule has 0 spiro atoms. The molecule has 1 heterocycles. The van der Waals surface area contributed by atoms with Crippen molar-refractivity contribution in [2.45, 2.75) is 69.2 Å². The zero-order valence-corrected chi connectivity index (χ0v) is 17.8. The average Bonchev–Trinajstić information content (AvgIpc) is 3.11. The Morgan fingerprint density at radius 3 is 2.48 bits per heavy atom. The van der Waals surface area contributed by atoms with Crippen LogP contribution in [0.3, 0.4) is 0 Å². The fraction of sp³-hybridized carbons (Fsp3) is 0.619. The number of rotatable bonds is 8. The summed E-state index contributed by atoms with van der Waals surface area (Å²) in [5.74, 6) is -0.478. The van der Waals surface area contributed by atoms with Gasteiger partial charge in [-0.3, -0.25) is 9.59 Å². The number of benzene rings is 1. The van der Waals surface area contributed by atoms with Gasteiger partial charge in [-0.1, -0.05) is 32.6 Å². The van der Waals surface area contributed by atoms with Gasteiger partial charge in [-0.25, -0.2) is 13.1 Å². The molecule has 2 amide bonds. The molecule has 0 aromatic heterocycles. The number of unbranched alkanes of at least 4 members (excludes halogenated alkanes) is 1. The minimum Gasteiger partial charge on any atom is -0.339 e. The lowest BCUT2D eigenvalue weighted by atomic mass is 9.94. The van der Waals surface area contributed by atoms with E-state index in [9.17, 15) is 18.0 Å². The van der Waals surface area contributed by atoms with Crippen molar-refractivity contribution in [1.82, 2.24) is 9.62 Å². The van der Waals surface area contributed by atoms with Crippen molar-refractivity contribution in [3.63, 3.8) is 0 Å². The maximum atomic E-state index is 12.6. The number of carbonyl (C=O) groups excluding carboxylic acids is 2. The van der Waals surface area contributed by atoms with E-state index in [1.54, 1.807) is 12.1 Å². The monoisotopic (exact) mass is 421 g/mol. The summed E-state index contributed by atoms with van der Waals surface area (Å²) in [7, 11) is -3.53. The molecule has 3 rings (SSSR count). The number of nitrogens with one attached hydrogen (secondary N) is 2. The summed E-state index contributed by atoms with van der Waals surface area (Å²) in [6.45, 7) is 2.88. The first-order valence-corrected chi connectivity index (χ1v) is 12.1. The molecule has 2 N–H and O–H groups in total. The summed E-state index contributed by atoms with van der Waals surface area (Å²) in [4.78, 5) is 27.1. The number of carbonyl (C=O) groups is 2. The third-order valence-corrected chi connectivity index (χ3v) is 7.28. The van der Waals surface area contributed by atoms with E-state index in [0.717, 1.165) is 38.5 Å². The van der Waals surface area contributed by atoms with Crippen LogP contribution in [0.25, 0.3) is 0 Å². The molecule has 1 aliphatic carbocycles. The Morgan fingerprint density at radius 2 is 1.83 bits per heavy atom. The van der Waals surface area contributed by atoms with Crippen molar-refractivity contribution in [3.8, 4) is 0 Å². The molecular weight excluding hydrogens is 390 g/mol. The zero-order valence-electron chi connectivity index (χ0n) is 17.0. The molecule has 1 aliphatic heterocycles. The van der Waals surface area contributed by atoms with E-state index in [2.05, 4.69) is 10.0 Å². The van der Waals surface area contributed by atoms with Gasteiger partial charge >= 0.3 is 0 Å². The van der Waals surface area contributed by atoms with Gasteiger partial charge in [0.2, 0.25) is 21.8 Å². The molecule has 1 saturated carbocycles. The summed E-state index contributed by atoms with van der Waals surface area (Å²) in [6, 6.07) is 6.42. The van der Waals surface area contributed by atoms with E-state index in [-0.39, 0.29) is 35.1 Å². The van der Waals surface area contributed by atoms with Crippen LogP contribution in [0.2, 0.25) is 0 Å². The maximum Gasteiger partial charge on any atom is 0.240 e. The van der Waals surface area contributed by atoms with Crippen LogP contribution in [0, 0.1) is 5.92 Å². The molecule has 2 fully saturated rings. The zero-order chi connectivity index (χ0) is 20.9. The minimum atomic E-state index is -3.53. The maximum absolute atomic E-state index is 12.6. The normalized spacial score (nSPS) is 20.8. The molecule has 2 aliphatic rings. The van der Waals surface area contributed by atoms with E-state index >= 15 is 0 Å². The van der Waals surface area contributed by atoms with Gasteiger partial charge in [-0.2, -0.15) is 0 Å². The number of likely N-dealkylation sites (tertiary alicyclic amines) is 1. The number of hydrogen-bond donors (Lipinski definition) is 2. The third kappa shape index (κ3) is 5.57. The van der Waals surface area contributed by atoms with Crippen LogP contribution in [0.5, 0.6) is 0 Å². The molecule has 1 saturated heterocycles. The quantitative estimate of drug-likeness (QED) is 0.631. The van der Waals surface area contributed by atoms with Crippen LogP contribution in [0.15, 0.2) is 29.2 Å². The largest absolute Gasteiger partial charge is 0.339 e. The fourth-order valence-corrected chi connectivity index (χ4v) is 5.16. The Bertz CT molecular complexity index is 817. The Kier molecular flexibility index (Phi) is 7.29. The lowest BCUT2D eigenvalue weighted by molar-refractivity contribution is -0.130. The highest BCUT2D eigenvalue weighted by Crippen LogP contribution is 2.29. The standard InChI is InChI=1S/C21H31N3O4S/c1-2-3-13-22-29(27,28)19-11-9-17(10-12-19)23-21(26)16-14-20(25)24(15-16)18-7-5-4-6-8-18/h9-12,16,18,22H,2-8,13-15H2,1H3,(H,23,26). The van der Waals surface area contributed by atoms with E-state index in [1.165, 1.54) is 18.6 Å². The van der Waals surface area contributed by atoms with Crippen molar-refractivity contribution in [1.29, 1.82) is 0 Å². The van der Waals surface area contributed by atoms with Gasteiger partial charge in [-0.15, -0.1) is 0 Å². The number of sulfonamides is 1. The van der Waals surface area contributed by atoms with Crippen molar-refractivity contribution in [2.24, 2.45) is 5.92 Å². The number of hydrogen-bond acceptors (Lipinski definition) is 4. The third-order valence-electron chi connectivity index (χ3n) is 5.80. The Labute approximate surface area is 173 Å². The molecule has 1 aromatic rings. The van der Waals surface area contributed by atoms with Gasteiger partial charge in [-0.05, 0) is 43.5 Å². The molecule has 7 nitrogen and oxygen atoms in total. The molecular formula is C21H31N3O4S. The summed E-state index contributed by atoms with van der Waals surface area (Å²) in [5, 5.41) is 2.83. The van der Waals surface area contributed by atoms with Crippen LogP contribution in [0.1, 0.15) is 58.3 Å². The number of nitrogens with zero attached hydrogens (tertiary/aromatic N) is 1. The van der Waals surface area contributed by atoms with E-state index in [4.69, 9.17) is 0 Å². The predicted molar refractivity (Wildman–Crippen MR) is 112 cm³/mol. The van der Waals surface area contributed by atoms with Crippen LogP contribution >= 0.6 is 0 Å². The number of amides is 2. The van der Waals surface area contributed by atoms with Crippen molar-refractivity contribution >= 4 is 27.5 Å². The second-order valence-corrected chi connectivity index (χ2v) is 9.77. The van der Waals surface area contributed by atoms with E-state index in [1.807, 2.05) is 11.8 Å². The van der Waals surface area contributed by atoms with Gasteiger partial charge in [0.15, 0.2) is 0 Å². The molecule has 1 unspecified atom stereocenters. The first-order valence-electron chi connectivity index (χ1n) is 10.6. The highest BCUT2D eigenvalue weighted by Gasteiger charge is 2.38. The minimum absolute atomic E-state index is 0.0663. The van der Waals surface area contributed by atoms with Crippen LogP contribution in [0.4, 0.5) is 5.69 Å². The topological polar surface area (TPSA) is 95.6 Å². The van der Waals surface area contributed by atoms with Crippen LogP contribution in [-0.4, -0.2) is 44.3 Å². The lowest BCUT2D eigenvalue weighted by Gasteiger charge is -2.31. The van der Waals surface area contributed by atoms with Gasteiger partial charge in [0.1, 0.15) is 0 Å². The average molecular weight is 422 g/mol. The summed E-state index contributed by atoms with van der Waals surface area (Å²) in [6.07, 6.45) is 7.52. The van der Waals surface area contributed by atoms with E-state index in [0.29, 0.717) is 18.8 Å². The van der Waals surface area contributed by atoms with Gasteiger partial charge in [0, 0.05) is 31.2 Å². The molecule has 160 valence electrons. The summed E-state index contributed by atoms with van der Waals surface area (Å²) in [5.41, 5.74) is 0.533. The van der Waals surface area contributed by atoms with E-state index < -0.39 is 10.0 Å². The van der Waals surface area contributed by atoms with Crippen molar-refractivity contribution in [3.05, 3.63) is 24.3 Å². The number of anilines is 1. The molecule has 0 bridgehead atoms. The molecule has 8 heteroatoms. The Balaban J connectivity index is 1.56. The highest BCUT2D eigenvalue weighted by atomic mass is 32.2. The van der Waals surface area contributed by atoms with Gasteiger partial charge in [0.25, 0.3) is 0 Å².